The molecule has 0 radical (unpaired) electrons. The Hall–Kier alpha value is -1.22. The van der Waals surface area contributed by atoms with Crippen LogP contribution in [-0.2, 0) is 0 Å². The molecule has 1 aromatic carbocycles. The van der Waals surface area contributed by atoms with Gasteiger partial charge in [0.2, 0.25) is 0 Å². The van der Waals surface area contributed by atoms with Crippen LogP contribution in [0.4, 0.5) is 17.6 Å². The van der Waals surface area contributed by atoms with Gasteiger partial charge in [-0.25, -0.2) is 4.39 Å². The topological polar surface area (TPSA) is 9.23 Å². The lowest BCUT2D eigenvalue weighted by molar-refractivity contribution is -0.275. The van der Waals surface area contributed by atoms with E-state index in [1.807, 2.05) is 0 Å². The van der Waals surface area contributed by atoms with E-state index in [-0.39, 0.29) is 5.56 Å². The molecule has 0 aliphatic heterocycles. The van der Waals surface area contributed by atoms with Crippen LogP contribution >= 0.6 is 15.9 Å². The van der Waals surface area contributed by atoms with E-state index in [4.69, 9.17) is 0 Å². The molecule has 1 aromatic rings. The summed E-state index contributed by atoms with van der Waals surface area (Å²) in [5, 5.41) is 0.398. The van der Waals surface area contributed by atoms with Crippen molar-refractivity contribution in [3.05, 3.63) is 29.6 Å². The van der Waals surface area contributed by atoms with Crippen LogP contribution in [0.2, 0.25) is 0 Å². The first kappa shape index (κ1) is 12.8. The summed E-state index contributed by atoms with van der Waals surface area (Å²) in [4.78, 5) is 0. The standard InChI is InChI=1S/C10H5BrF4O/c11-5-1-2-7-3-4-9(8(12)6-7)16-10(13,14)15/h3-4,6H,5H2. The van der Waals surface area contributed by atoms with Crippen molar-refractivity contribution in [1.29, 1.82) is 0 Å². The fourth-order valence-corrected chi connectivity index (χ4v) is 1.06. The second-order valence-corrected chi connectivity index (χ2v) is 3.19. The molecule has 0 spiro atoms. The molecule has 0 heterocycles. The summed E-state index contributed by atoms with van der Waals surface area (Å²) >= 11 is 3.04. The van der Waals surface area contributed by atoms with Gasteiger partial charge in [-0.05, 0) is 18.2 Å². The molecule has 0 amide bonds. The van der Waals surface area contributed by atoms with Crippen molar-refractivity contribution in [2.24, 2.45) is 0 Å². The van der Waals surface area contributed by atoms with Gasteiger partial charge in [-0.15, -0.1) is 13.2 Å². The van der Waals surface area contributed by atoms with Crippen LogP contribution in [-0.4, -0.2) is 11.7 Å². The monoisotopic (exact) mass is 296 g/mol. The molecule has 0 saturated heterocycles. The molecule has 0 bridgehead atoms. The van der Waals surface area contributed by atoms with Crippen molar-refractivity contribution in [3.63, 3.8) is 0 Å². The van der Waals surface area contributed by atoms with E-state index in [0.717, 1.165) is 12.1 Å². The Morgan fingerprint density at radius 1 is 1.31 bits per heavy atom. The minimum atomic E-state index is -4.90. The minimum Gasteiger partial charge on any atom is -0.403 e. The Morgan fingerprint density at radius 2 is 2.00 bits per heavy atom. The fraction of sp³-hybridized carbons (Fsp3) is 0.200. The summed E-state index contributed by atoms with van der Waals surface area (Å²) in [6.45, 7) is 0. The van der Waals surface area contributed by atoms with Crippen molar-refractivity contribution >= 4 is 15.9 Å². The molecule has 0 aromatic heterocycles. The van der Waals surface area contributed by atoms with E-state index in [1.54, 1.807) is 0 Å². The average molecular weight is 297 g/mol. The number of rotatable bonds is 1. The van der Waals surface area contributed by atoms with Crippen molar-refractivity contribution in [3.8, 4) is 17.6 Å². The highest BCUT2D eigenvalue weighted by atomic mass is 79.9. The molecule has 86 valence electrons. The van der Waals surface area contributed by atoms with Gasteiger partial charge in [-0.1, -0.05) is 27.8 Å². The van der Waals surface area contributed by atoms with Crippen molar-refractivity contribution in [2.45, 2.75) is 6.36 Å². The Kier molecular flexibility index (Phi) is 4.19. The van der Waals surface area contributed by atoms with Gasteiger partial charge in [0, 0.05) is 5.56 Å². The highest BCUT2D eigenvalue weighted by Gasteiger charge is 2.32. The van der Waals surface area contributed by atoms with Gasteiger partial charge in [0.25, 0.3) is 0 Å². The third kappa shape index (κ3) is 4.11. The second-order valence-electron chi connectivity index (χ2n) is 2.63. The van der Waals surface area contributed by atoms with Gasteiger partial charge >= 0.3 is 6.36 Å². The van der Waals surface area contributed by atoms with Crippen LogP contribution in [0.3, 0.4) is 0 Å². The van der Waals surface area contributed by atoms with Gasteiger partial charge in [0.05, 0.1) is 5.33 Å². The zero-order valence-corrected chi connectivity index (χ0v) is 9.32. The molecule has 0 aliphatic rings. The largest absolute Gasteiger partial charge is 0.573 e. The summed E-state index contributed by atoms with van der Waals surface area (Å²) in [5.41, 5.74) is 0.284. The summed E-state index contributed by atoms with van der Waals surface area (Å²) in [5.74, 6) is 3.19. The highest BCUT2D eigenvalue weighted by Crippen LogP contribution is 2.25. The second kappa shape index (κ2) is 5.21. The van der Waals surface area contributed by atoms with Crippen LogP contribution in [0.25, 0.3) is 0 Å². The lowest BCUT2D eigenvalue weighted by Gasteiger charge is -2.09. The van der Waals surface area contributed by atoms with Gasteiger partial charge in [-0.2, -0.15) is 0 Å². The molecule has 0 atom stereocenters. The van der Waals surface area contributed by atoms with Crippen LogP contribution in [0, 0.1) is 17.7 Å². The van der Waals surface area contributed by atoms with Gasteiger partial charge in [0.15, 0.2) is 11.6 Å². The summed E-state index contributed by atoms with van der Waals surface area (Å²) in [7, 11) is 0. The predicted octanol–water partition coefficient (Wildman–Crippen LogP) is 3.47. The third-order valence-electron chi connectivity index (χ3n) is 1.46. The quantitative estimate of drug-likeness (QED) is 0.438. The molecular weight excluding hydrogens is 292 g/mol. The Labute approximate surface area is 97.5 Å². The first-order valence-electron chi connectivity index (χ1n) is 4.02. The third-order valence-corrected chi connectivity index (χ3v) is 1.74. The molecule has 16 heavy (non-hydrogen) atoms. The van der Waals surface area contributed by atoms with Gasteiger partial charge in [0.1, 0.15) is 0 Å². The summed E-state index contributed by atoms with van der Waals surface area (Å²) < 4.78 is 52.0. The molecule has 1 nitrogen and oxygen atoms in total. The molecule has 0 aliphatic carbocycles. The summed E-state index contributed by atoms with van der Waals surface area (Å²) in [6, 6.07) is 3.03. The number of hydrogen-bond acceptors (Lipinski definition) is 1. The van der Waals surface area contributed by atoms with Crippen LogP contribution in [0.5, 0.6) is 5.75 Å². The maximum absolute atomic E-state index is 13.1. The zero-order valence-electron chi connectivity index (χ0n) is 7.74. The molecule has 0 unspecified atom stereocenters. The Balaban J connectivity index is 2.92. The van der Waals surface area contributed by atoms with Gasteiger partial charge in [-0.3, -0.25) is 0 Å². The van der Waals surface area contributed by atoms with E-state index in [9.17, 15) is 17.6 Å². The number of hydrogen-bond donors (Lipinski definition) is 0. The molecule has 1 rings (SSSR count). The Morgan fingerprint density at radius 3 is 2.50 bits per heavy atom. The number of alkyl halides is 4. The first-order valence-corrected chi connectivity index (χ1v) is 5.14. The van der Waals surface area contributed by atoms with Crippen molar-refractivity contribution < 1.29 is 22.3 Å². The highest BCUT2D eigenvalue weighted by molar-refractivity contribution is 9.09. The van der Waals surface area contributed by atoms with E-state index in [2.05, 4.69) is 32.5 Å². The normalized spacial score (nSPS) is 10.6. The van der Waals surface area contributed by atoms with Gasteiger partial charge < -0.3 is 4.74 Å². The molecular formula is C10H5BrF4O. The van der Waals surface area contributed by atoms with Crippen LogP contribution in [0.15, 0.2) is 18.2 Å². The molecule has 0 saturated carbocycles. The van der Waals surface area contributed by atoms with E-state index in [0.29, 0.717) is 5.33 Å². The Bertz CT molecular complexity index is 431. The van der Waals surface area contributed by atoms with E-state index in [1.165, 1.54) is 6.07 Å². The maximum Gasteiger partial charge on any atom is 0.573 e. The smallest absolute Gasteiger partial charge is 0.403 e. The number of ether oxygens (including phenoxy) is 1. The van der Waals surface area contributed by atoms with E-state index < -0.39 is 17.9 Å². The maximum atomic E-state index is 13.1. The lowest BCUT2D eigenvalue weighted by atomic mass is 10.2. The molecule has 0 N–H and O–H groups in total. The predicted molar refractivity (Wildman–Crippen MR) is 53.8 cm³/mol. The van der Waals surface area contributed by atoms with Crippen LogP contribution in [0.1, 0.15) is 5.56 Å². The minimum absolute atomic E-state index is 0.284. The first-order chi connectivity index (χ1) is 7.42. The van der Waals surface area contributed by atoms with Crippen molar-refractivity contribution in [1.82, 2.24) is 0 Å². The SMILES string of the molecule is Fc1cc(C#CCBr)ccc1OC(F)(F)F. The fourth-order valence-electron chi connectivity index (χ4n) is 0.922. The van der Waals surface area contributed by atoms with Crippen LogP contribution < -0.4 is 4.74 Å². The van der Waals surface area contributed by atoms with E-state index >= 15 is 0 Å². The number of benzene rings is 1. The molecule has 6 heteroatoms. The zero-order chi connectivity index (χ0) is 12.2. The average Bonchev–Trinajstić information content (AvgIpc) is 2.17. The summed E-state index contributed by atoms with van der Waals surface area (Å²) in [6.07, 6.45) is -4.90. The molecule has 0 fully saturated rings. The van der Waals surface area contributed by atoms with Crippen molar-refractivity contribution in [2.75, 3.05) is 5.33 Å². The lowest BCUT2D eigenvalue weighted by Crippen LogP contribution is -2.17. The number of halogens is 5.